The van der Waals surface area contributed by atoms with Crippen LogP contribution in [0, 0.1) is 5.92 Å². The Morgan fingerprint density at radius 1 is 1.12 bits per heavy atom. The van der Waals surface area contributed by atoms with Crippen molar-refractivity contribution in [2.24, 2.45) is 5.92 Å². The molecule has 32 heavy (non-hydrogen) atoms. The fourth-order valence-electron chi connectivity index (χ4n) is 4.31. The van der Waals surface area contributed by atoms with Crippen molar-refractivity contribution < 1.29 is 9.59 Å². The molecule has 0 fully saturated rings. The number of hydrogen-bond acceptors (Lipinski definition) is 3. The van der Waals surface area contributed by atoms with E-state index in [1.807, 2.05) is 47.9 Å². The minimum absolute atomic E-state index is 0.125. The molecule has 1 aliphatic heterocycles. The topological polar surface area (TPSA) is 67.2 Å². The van der Waals surface area contributed by atoms with E-state index >= 15 is 0 Å². The number of nitrogens with zero attached hydrogens (tertiary/aromatic N) is 3. The fourth-order valence-corrected chi connectivity index (χ4v) is 4.31. The maximum Gasteiger partial charge on any atom is 0.291 e. The number of carbonyl (C=O) groups is 2. The second-order valence-corrected chi connectivity index (χ2v) is 9.28. The molecule has 4 rings (SSSR count). The molecule has 6 heteroatoms. The zero-order chi connectivity index (χ0) is 22.9. The Kier molecular flexibility index (Phi) is 6.04. The van der Waals surface area contributed by atoms with Crippen molar-refractivity contribution in [2.75, 3.05) is 6.54 Å². The summed E-state index contributed by atoms with van der Waals surface area (Å²) in [5.41, 5.74) is 2.88. The molecule has 0 bridgehead atoms. The van der Waals surface area contributed by atoms with Crippen LogP contribution in [0.1, 0.15) is 55.9 Å². The van der Waals surface area contributed by atoms with E-state index in [9.17, 15) is 9.59 Å². The predicted octanol–water partition coefficient (Wildman–Crippen LogP) is 4.18. The quantitative estimate of drug-likeness (QED) is 0.609. The zero-order valence-corrected chi connectivity index (χ0v) is 19.4. The van der Waals surface area contributed by atoms with Gasteiger partial charge in [0.05, 0.1) is 17.6 Å². The molecule has 2 aromatic carbocycles. The highest BCUT2D eigenvalue weighted by Crippen LogP contribution is 2.32. The largest absolute Gasteiger partial charge is 0.354 e. The molecule has 0 saturated heterocycles. The van der Waals surface area contributed by atoms with Crippen molar-refractivity contribution in [3.63, 3.8) is 0 Å². The summed E-state index contributed by atoms with van der Waals surface area (Å²) in [6.45, 7) is 9.58. The molecular formula is C26H32N4O2. The number of carbonyl (C=O) groups excluding carboxylic acids is 2. The number of amides is 2. The van der Waals surface area contributed by atoms with Crippen LogP contribution in [0.5, 0.6) is 0 Å². The highest BCUT2D eigenvalue weighted by molar-refractivity contribution is 6.01. The SMILES string of the molecule is CCc1ccc(CN2C(=O)c3nc4ccccc4n3C[C@]2(C)C(=O)NCCC(C)C)cc1. The number of nitrogens with one attached hydrogen (secondary N) is 1. The lowest BCUT2D eigenvalue weighted by molar-refractivity contribution is -0.133. The van der Waals surface area contributed by atoms with Gasteiger partial charge in [0.1, 0.15) is 5.54 Å². The second-order valence-electron chi connectivity index (χ2n) is 9.28. The molecule has 3 aromatic rings. The fraction of sp³-hybridized carbons (Fsp3) is 0.423. The molecule has 1 N–H and O–H groups in total. The normalized spacial score (nSPS) is 18.3. The first-order valence-corrected chi connectivity index (χ1v) is 11.5. The Bertz CT molecular complexity index is 1130. The van der Waals surface area contributed by atoms with E-state index in [4.69, 9.17) is 0 Å². The van der Waals surface area contributed by atoms with Crippen LogP contribution in [0.15, 0.2) is 48.5 Å². The van der Waals surface area contributed by atoms with Crippen LogP contribution in [0.4, 0.5) is 0 Å². The van der Waals surface area contributed by atoms with Crippen molar-refractivity contribution >= 4 is 22.8 Å². The molecule has 0 radical (unpaired) electrons. The Morgan fingerprint density at radius 2 is 1.81 bits per heavy atom. The number of aromatic nitrogens is 2. The van der Waals surface area contributed by atoms with Gasteiger partial charge in [-0.1, -0.05) is 57.2 Å². The van der Waals surface area contributed by atoms with E-state index in [1.165, 1.54) is 5.56 Å². The summed E-state index contributed by atoms with van der Waals surface area (Å²) in [5, 5.41) is 3.08. The third kappa shape index (κ3) is 4.01. The standard InChI is InChI=1S/C26H32N4O2/c1-5-19-10-12-20(13-11-19)16-30-24(31)23-28-21-8-6-7-9-22(21)29(23)17-26(30,4)25(32)27-15-14-18(2)3/h6-13,18H,5,14-17H2,1-4H3,(H,27,32)/t26-/m1/s1. The number of rotatable bonds is 7. The van der Waals surface area contributed by atoms with E-state index in [0.717, 1.165) is 29.4 Å². The lowest BCUT2D eigenvalue weighted by atomic mass is 9.94. The molecule has 6 nitrogen and oxygen atoms in total. The summed E-state index contributed by atoms with van der Waals surface area (Å²) in [6.07, 6.45) is 1.86. The summed E-state index contributed by atoms with van der Waals surface area (Å²) in [6, 6.07) is 16.0. The second kappa shape index (κ2) is 8.77. The monoisotopic (exact) mass is 432 g/mol. The summed E-state index contributed by atoms with van der Waals surface area (Å²) in [5.74, 6) is 0.547. The summed E-state index contributed by atoms with van der Waals surface area (Å²) in [7, 11) is 0. The van der Waals surface area contributed by atoms with E-state index < -0.39 is 5.54 Å². The van der Waals surface area contributed by atoms with E-state index in [1.54, 1.807) is 4.90 Å². The Balaban J connectivity index is 1.72. The highest BCUT2D eigenvalue weighted by atomic mass is 16.2. The maximum absolute atomic E-state index is 13.7. The van der Waals surface area contributed by atoms with Gasteiger partial charge in [-0.15, -0.1) is 0 Å². The number of benzene rings is 2. The summed E-state index contributed by atoms with van der Waals surface area (Å²) in [4.78, 5) is 33.5. The maximum atomic E-state index is 13.7. The molecule has 0 spiro atoms. The van der Waals surface area contributed by atoms with Crippen molar-refractivity contribution in [1.29, 1.82) is 0 Å². The molecule has 168 valence electrons. The number of imidazole rings is 1. The van der Waals surface area contributed by atoms with Crippen molar-refractivity contribution in [3.8, 4) is 0 Å². The third-order valence-electron chi connectivity index (χ3n) is 6.42. The summed E-state index contributed by atoms with van der Waals surface area (Å²) < 4.78 is 1.90. The Morgan fingerprint density at radius 3 is 2.50 bits per heavy atom. The number of para-hydroxylation sites is 2. The van der Waals surface area contributed by atoms with Crippen molar-refractivity contribution in [1.82, 2.24) is 19.8 Å². The van der Waals surface area contributed by atoms with Crippen LogP contribution in [-0.2, 0) is 24.3 Å². The van der Waals surface area contributed by atoms with Gasteiger partial charge in [-0.2, -0.15) is 0 Å². The number of hydrogen-bond donors (Lipinski definition) is 1. The van der Waals surface area contributed by atoms with Gasteiger partial charge in [0.15, 0.2) is 5.82 Å². The first-order valence-electron chi connectivity index (χ1n) is 11.5. The number of aryl methyl sites for hydroxylation is 1. The summed E-state index contributed by atoms with van der Waals surface area (Å²) >= 11 is 0. The van der Waals surface area contributed by atoms with E-state index in [-0.39, 0.29) is 11.8 Å². The molecule has 2 heterocycles. The Hall–Kier alpha value is -3.15. The zero-order valence-electron chi connectivity index (χ0n) is 19.4. The lowest BCUT2D eigenvalue weighted by Gasteiger charge is -2.43. The number of fused-ring (bicyclic) bond motifs is 3. The van der Waals surface area contributed by atoms with Crippen LogP contribution in [0.2, 0.25) is 0 Å². The molecule has 1 aliphatic rings. The Labute approximate surface area is 189 Å². The van der Waals surface area contributed by atoms with Crippen LogP contribution < -0.4 is 5.32 Å². The average Bonchev–Trinajstić information content (AvgIpc) is 3.15. The van der Waals surface area contributed by atoms with Crippen LogP contribution in [0.3, 0.4) is 0 Å². The van der Waals surface area contributed by atoms with Crippen LogP contribution >= 0.6 is 0 Å². The van der Waals surface area contributed by atoms with Gasteiger partial charge < -0.3 is 14.8 Å². The van der Waals surface area contributed by atoms with Gasteiger partial charge in [-0.25, -0.2) is 4.98 Å². The van der Waals surface area contributed by atoms with Gasteiger partial charge in [0.25, 0.3) is 5.91 Å². The van der Waals surface area contributed by atoms with Crippen LogP contribution in [-0.4, -0.2) is 38.3 Å². The minimum Gasteiger partial charge on any atom is -0.354 e. The highest BCUT2D eigenvalue weighted by Gasteiger charge is 2.48. The molecule has 0 unspecified atom stereocenters. The molecule has 1 aromatic heterocycles. The average molecular weight is 433 g/mol. The first-order chi connectivity index (χ1) is 15.3. The molecule has 1 atom stereocenters. The smallest absolute Gasteiger partial charge is 0.291 e. The van der Waals surface area contributed by atoms with Crippen molar-refractivity contribution in [3.05, 3.63) is 65.5 Å². The minimum atomic E-state index is -1.02. The van der Waals surface area contributed by atoms with Gasteiger partial charge in [-0.05, 0) is 48.9 Å². The van der Waals surface area contributed by atoms with Gasteiger partial charge in [0, 0.05) is 13.1 Å². The van der Waals surface area contributed by atoms with Crippen molar-refractivity contribution in [2.45, 2.75) is 59.2 Å². The van der Waals surface area contributed by atoms with Crippen LogP contribution in [0.25, 0.3) is 11.0 Å². The third-order valence-corrected chi connectivity index (χ3v) is 6.42. The molecule has 0 aliphatic carbocycles. The lowest BCUT2D eigenvalue weighted by Crippen LogP contribution is -2.63. The molecular weight excluding hydrogens is 400 g/mol. The van der Waals surface area contributed by atoms with Gasteiger partial charge in [-0.3, -0.25) is 9.59 Å². The predicted molar refractivity (Wildman–Crippen MR) is 126 cm³/mol. The van der Waals surface area contributed by atoms with Gasteiger partial charge >= 0.3 is 0 Å². The molecule has 2 amide bonds. The van der Waals surface area contributed by atoms with E-state index in [2.05, 4.69) is 43.2 Å². The first kappa shape index (κ1) is 22.1. The molecule has 0 saturated carbocycles. The van der Waals surface area contributed by atoms with E-state index in [0.29, 0.717) is 31.4 Å². The van der Waals surface area contributed by atoms with Gasteiger partial charge in [0.2, 0.25) is 5.91 Å².